The predicted octanol–water partition coefficient (Wildman–Crippen LogP) is 3.24. The van der Waals surface area contributed by atoms with Gasteiger partial charge in [0, 0.05) is 6.42 Å². The lowest BCUT2D eigenvalue weighted by Gasteiger charge is -1.99. The number of carboxylic acids is 1. The van der Waals surface area contributed by atoms with Crippen molar-refractivity contribution < 1.29 is 9.90 Å². The van der Waals surface area contributed by atoms with E-state index < -0.39 is 5.97 Å². The zero-order valence-electron chi connectivity index (χ0n) is 13.8. The molecular formula is C18H22N4O2. The van der Waals surface area contributed by atoms with Crippen LogP contribution >= 0.6 is 0 Å². The van der Waals surface area contributed by atoms with Gasteiger partial charge in [0.2, 0.25) is 0 Å². The van der Waals surface area contributed by atoms with Crippen LogP contribution in [0.1, 0.15) is 35.6 Å². The first-order valence-electron chi connectivity index (χ1n) is 7.80. The summed E-state index contributed by atoms with van der Waals surface area (Å²) in [5, 5.41) is 8.50. The van der Waals surface area contributed by atoms with Crippen molar-refractivity contribution in [1.82, 2.24) is 9.97 Å². The molecule has 0 aliphatic heterocycles. The minimum atomic E-state index is -1.00. The Kier molecular flexibility index (Phi) is 5.42. The van der Waals surface area contributed by atoms with Crippen LogP contribution < -0.4 is 11.5 Å². The first-order chi connectivity index (χ1) is 11.4. The number of imidazole rings is 1. The van der Waals surface area contributed by atoms with Crippen LogP contribution in [0.3, 0.4) is 0 Å². The van der Waals surface area contributed by atoms with Crippen LogP contribution in [0.2, 0.25) is 0 Å². The van der Waals surface area contributed by atoms with Crippen molar-refractivity contribution >= 4 is 28.4 Å². The number of rotatable bonds is 3. The number of hydrogen-bond acceptors (Lipinski definition) is 4. The van der Waals surface area contributed by atoms with Crippen molar-refractivity contribution in [2.45, 2.75) is 26.7 Å². The molecule has 24 heavy (non-hydrogen) atoms. The maximum Gasteiger partial charge on any atom is 0.335 e. The van der Waals surface area contributed by atoms with Crippen LogP contribution in [0, 0.1) is 0 Å². The number of aromatic nitrogens is 2. The summed E-state index contributed by atoms with van der Waals surface area (Å²) in [4.78, 5) is 18.1. The first-order valence-corrected chi connectivity index (χ1v) is 7.80. The standard InChI is InChI=1S/C11H14N2.C7H8N2O2/c1-3-8-5-6-9-10(7-8)13-11(4-2)12-9;8-5-2-1-4(7(10)11)3-6(5)9/h5-7H,3-4H2,1-2H3,(H,12,13);1-3H,8-9H2,(H,10,11). The van der Waals surface area contributed by atoms with E-state index in [9.17, 15) is 4.79 Å². The zero-order chi connectivity index (χ0) is 17.7. The van der Waals surface area contributed by atoms with E-state index in [-0.39, 0.29) is 5.56 Å². The molecule has 0 aliphatic rings. The molecule has 0 saturated heterocycles. The highest BCUT2D eigenvalue weighted by molar-refractivity contribution is 5.90. The van der Waals surface area contributed by atoms with E-state index in [0.717, 1.165) is 29.7 Å². The van der Waals surface area contributed by atoms with Gasteiger partial charge in [-0.25, -0.2) is 9.78 Å². The molecule has 3 rings (SSSR count). The Bertz CT molecular complexity index is 853. The van der Waals surface area contributed by atoms with Crippen molar-refractivity contribution in [3.05, 3.63) is 53.3 Å². The number of nitrogens with two attached hydrogens (primary N) is 2. The van der Waals surface area contributed by atoms with E-state index in [1.54, 1.807) is 0 Å². The largest absolute Gasteiger partial charge is 0.478 e. The highest BCUT2D eigenvalue weighted by Gasteiger charge is 2.03. The van der Waals surface area contributed by atoms with E-state index in [1.807, 2.05) is 0 Å². The average molecular weight is 326 g/mol. The summed E-state index contributed by atoms with van der Waals surface area (Å²) in [6.45, 7) is 4.27. The molecule has 0 spiro atoms. The second-order valence-corrected chi connectivity index (χ2v) is 5.39. The number of H-pyrrole nitrogens is 1. The van der Waals surface area contributed by atoms with E-state index >= 15 is 0 Å². The molecule has 0 saturated carbocycles. The van der Waals surface area contributed by atoms with E-state index in [2.05, 4.69) is 42.0 Å². The Balaban J connectivity index is 0.000000177. The molecule has 0 amide bonds. The van der Waals surface area contributed by atoms with Gasteiger partial charge in [-0.1, -0.05) is 19.9 Å². The van der Waals surface area contributed by atoms with Gasteiger partial charge in [0.05, 0.1) is 28.0 Å². The minimum absolute atomic E-state index is 0.150. The Labute approximate surface area is 140 Å². The number of aryl methyl sites for hydroxylation is 2. The predicted molar refractivity (Wildman–Crippen MR) is 97.1 cm³/mol. The molecule has 0 unspecified atom stereocenters. The molecule has 1 aromatic heterocycles. The van der Waals surface area contributed by atoms with Crippen LogP contribution in [0.5, 0.6) is 0 Å². The summed E-state index contributed by atoms with van der Waals surface area (Å²) in [5.74, 6) is 0.0694. The number of hydrogen-bond donors (Lipinski definition) is 4. The van der Waals surface area contributed by atoms with Crippen LogP contribution in [0.25, 0.3) is 11.0 Å². The Morgan fingerprint density at radius 3 is 2.42 bits per heavy atom. The summed E-state index contributed by atoms with van der Waals surface area (Å²) >= 11 is 0. The minimum Gasteiger partial charge on any atom is -0.478 e. The van der Waals surface area contributed by atoms with Crippen molar-refractivity contribution in [2.75, 3.05) is 11.5 Å². The lowest BCUT2D eigenvalue weighted by Crippen LogP contribution is -2.00. The number of aromatic amines is 1. The van der Waals surface area contributed by atoms with Gasteiger partial charge < -0.3 is 21.6 Å². The molecule has 6 heteroatoms. The third-order valence-corrected chi connectivity index (χ3v) is 3.67. The van der Waals surface area contributed by atoms with Gasteiger partial charge in [0.1, 0.15) is 5.82 Å². The van der Waals surface area contributed by atoms with Crippen molar-refractivity contribution in [3.63, 3.8) is 0 Å². The van der Waals surface area contributed by atoms with Crippen LogP contribution in [-0.2, 0) is 12.8 Å². The smallest absolute Gasteiger partial charge is 0.335 e. The van der Waals surface area contributed by atoms with Gasteiger partial charge >= 0.3 is 5.97 Å². The lowest BCUT2D eigenvalue weighted by atomic mass is 10.1. The zero-order valence-corrected chi connectivity index (χ0v) is 13.8. The highest BCUT2D eigenvalue weighted by atomic mass is 16.4. The molecule has 0 bridgehead atoms. The van der Waals surface area contributed by atoms with Gasteiger partial charge in [0.25, 0.3) is 0 Å². The molecule has 6 nitrogen and oxygen atoms in total. The molecule has 6 N–H and O–H groups in total. The first kappa shape index (κ1) is 17.3. The monoisotopic (exact) mass is 326 g/mol. The average Bonchev–Trinajstić information content (AvgIpc) is 2.99. The summed E-state index contributed by atoms with van der Waals surface area (Å²) in [6.07, 6.45) is 2.05. The van der Waals surface area contributed by atoms with Gasteiger partial charge in [-0.05, 0) is 42.3 Å². The number of aromatic carboxylic acids is 1. The number of carbonyl (C=O) groups is 1. The molecule has 1 heterocycles. The van der Waals surface area contributed by atoms with Crippen LogP contribution in [-0.4, -0.2) is 21.0 Å². The maximum absolute atomic E-state index is 10.4. The van der Waals surface area contributed by atoms with E-state index in [4.69, 9.17) is 16.6 Å². The Morgan fingerprint density at radius 2 is 1.83 bits per heavy atom. The fourth-order valence-corrected chi connectivity index (χ4v) is 2.20. The van der Waals surface area contributed by atoms with Crippen molar-refractivity contribution in [2.24, 2.45) is 0 Å². The number of anilines is 2. The van der Waals surface area contributed by atoms with E-state index in [1.165, 1.54) is 23.8 Å². The SMILES string of the molecule is CCc1ccc2nc(CC)[nH]c2c1.Nc1ccc(C(=O)O)cc1N. The molecule has 0 atom stereocenters. The molecule has 2 aromatic carbocycles. The summed E-state index contributed by atoms with van der Waals surface area (Å²) in [5.41, 5.74) is 15.2. The summed E-state index contributed by atoms with van der Waals surface area (Å²) in [7, 11) is 0. The normalized spacial score (nSPS) is 10.2. The summed E-state index contributed by atoms with van der Waals surface area (Å²) < 4.78 is 0. The fraction of sp³-hybridized carbons (Fsp3) is 0.222. The van der Waals surface area contributed by atoms with Gasteiger partial charge in [0.15, 0.2) is 0 Å². The van der Waals surface area contributed by atoms with Crippen LogP contribution in [0.4, 0.5) is 11.4 Å². The van der Waals surface area contributed by atoms with Gasteiger partial charge in [-0.15, -0.1) is 0 Å². The Hall–Kier alpha value is -3.02. The second kappa shape index (κ2) is 7.50. The molecule has 126 valence electrons. The molecule has 0 radical (unpaired) electrons. The number of nitrogens with zero attached hydrogens (tertiary/aromatic N) is 1. The van der Waals surface area contributed by atoms with Crippen LogP contribution in [0.15, 0.2) is 36.4 Å². The van der Waals surface area contributed by atoms with E-state index in [0.29, 0.717) is 11.4 Å². The lowest BCUT2D eigenvalue weighted by molar-refractivity contribution is 0.0697. The number of fused-ring (bicyclic) bond motifs is 1. The van der Waals surface area contributed by atoms with Crippen molar-refractivity contribution in [3.8, 4) is 0 Å². The van der Waals surface area contributed by atoms with Gasteiger partial charge in [-0.3, -0.25) is 0 Å². The number of nitrogens with one attached hydrogen (secondary N) is 1. The third kappa shape index (κ3) is 4.04. The molecule has 3 aromatic rings. The third-order valence-electron chi connectivity index (χ3n) is 3.67. The molecular weight excluding hydrogens is 304 g/mol. The Morgan fingerprint density at radius 1 is 1.08 bits per heavy atom. The molecule has 0 aliphatic carbocycles. The number of nitrogen functional groups attached to an aromatic ring is 2. The van der Waals surface area contributed by atoms with Crippen molar-refractivity contribution in [1.29, 1.82) is 0 Å². The second-order valence-electron chi connectivity index (χ2n) is 5.39. The number of carboxylic acid groups (broad SMARTS) is 1. The highest BCUT2D eigenvalue weighted by Crippen LogP contribution is 2.15. The number of benzene rings is 2. The fourth-order valence-electron chi connectivity index (χ4n) is 2.20. The topological polar surface area (TPSA) is 118 Å². The van der Waals surface area contributed by atoms with Gasteiger partial charge in [-0.2, -0.15) is 0 Å². The summed E-state index contributed by atoms with van der Waals surface area (Å²) in [6, 6.07) is 10.6. The quantitative estimate of drug-likeness (QED) is 0.551. The maximum atomic E-state index is 10.4. The molecule has 0 fully saturated rings.